The van der Waals surface area contributed by atoms with Crippen LogP contribution in [0, 0.1) is 0 Å². The standard InChI is InChI=1S/C34H29NO4/c36-31-22-7-3-8-23(31)18-25-10-5-12-27(33(25)38)20-29-14-6-13-28(19-26-11-4-9-24(17-22)32(26)37)34(29)39-21-30-15-1-2-16-35-30/h1-16,36-38H,17-21H2. The van der Waals surface area contributed by atoms with Crippen molar-refractivity contribution in [1.29, 1.82) is 0 Å². The number of rotatable bonds is 3. The molecule has 5 aromatic rings. The summed E-state index contributed by atoms with van der Waals surface area (Å²) in [5.41, 5.74) is 7.17. The van der Waals surface area contributed by atoms with E-state index in [0.29, 0.717) is 32.3 Å². The summed E-state index contributed by atoms with van der Waals surface area (Å²) in [6.07, 6.45) is 3.44. The van der Waals surface area contributed by atoms with Gasteiger partial charge in [0, 0.05) is 31.9 Å². The molecule has 1 aromatic heterocycles. The molecule has 39 heavy (non-hydrogen) atoms. The molecule has 0 saturated carbocycles. The van der Waals surface area contributed by atoms with Crippen LogP contribution in [0.3, 0.4) is 0 Å². The van der Waals surface area contributed by atoms with Gasteiger partial charge < -0.3 is 20.1 Å². The zero-order valence-corrected chi connectivity index (χ0v) is 21.5. The van der Waals surface area contributed by atoms with E-state index in [1.807, 2.05) is 91.0 Å². The maximum Gasteiger partial charge on any atom is 0.130 e. The number of benzene rings is 4. The number of hydrogen-bond donors (Lipinski definition) is 3. The van der Waals surface area contributed by atoms with E-state index in [2.05, 4.69) is 4.98 Å². The fourth-order valence-electron chi connectivity index (χ4n) is 5.34. The molecule has 194 valence electrons. The number of aromatic hydroxyl groups is 3. The van der Waals surface area contributed by atoms with E-state index in [1.54, 1.807) is 6.20 Å². The van der Waals surface area contributed by atoms with Crippen molar-refractivity contribution in [2.75, 3.05) is 0 Å². The van der Waals surface area contributed by atoms with Crippen LogP contribution in [0.1, 0.15) is 50.2 Å². The predicted molar refractivity (Wildman–Crippen MR) is 151 cm³/mol. The van der Waals surface area contributed by atoms with Crippen LogP contribution in [-0.4, -0.2) is 20.3 Å². The molecule has 5 nitrogen and oxygen atoms in total. The Bertz CT molecular complexity index is 1550. The van der Waals surface area contributed by atoms with Crippen LogP contribution in [0.2, 0.25) is 0 Å². The van der Waals surface area contributed by atoms with E-state index in [-0.39, 0.29) is 17.2 Å². The van der Waals surface area contributed by atoms with Gasteiger partial charge in [-0.25, -0.2) is 0 Å². The average molecular weight is 516 g/mol. The van der Waals surface area contributed by atoms with E-state index in [0.717, 1.165) is 56.0 Å². The van der Waals surface area contributed by atoms with Gasteiger partial charge in [-0.1, -0.05) is 78.9 Å². The van der Waals surface area contributed by atoms with Gasteiger partial charge in [0.2, 0.25) is 0 Å². The minimum atomic E-state index is 0.189. The quantitative estimate of drug-likeness (QED) is 0.252. The molecule has 0 spiro atoms. The van der Waals surface area contributed by atoms with Gasteiger partial charge in [0.15, 0.2) is 0 Å². The van der Waals surface area contributed by atoms with Crippen LogP contribution < -0.4 is 4.74 Å². The molecule has 0 unspecified atom stereocenters. The summed E-state index contributed by atoms with van der Waals surface area (Å²) < 4.78 is 6.41. The topological polar surface area (TPSA) is 82.8 Å². The van der Waals surface area contributed by atoms with Crippen LogP contribution in [-0.2, 0) is 32.3 Å². The maximum atomic E-state index is 11.3. The maximum absolute atomic E-state index is 11.3. The Labute approximate surface area is 227 Å². The highest BCUT2D eigenvalue weighted by Crippen LogP contribution is 2.37. The van der Waals surface area contributed by atoms with E-state index in [1.165, 1.54) is 0 Å². The summed E-state index contributed by atoms with van der Waals surface area (Å²) in [6.45, 7) is 0.302. The number of aromatic nitrogens is 1. The van der Waals surface area contributed by atoms with E-state index < -0.39 is 0 Å². The van der Waals surface area contributed by atoms with Crippen molar-refractivity contribution >= 4 is 0 Å². The highest BCUT2D eigenvalue weighted by Gasteiger charge is 2.19. The number of phenols is 3. The van der Waals surface area contributed by atoms with Gasteiger partial charge >= 0.3 is 0 Å². The summed E-state index contributed by atoms with van der Waals surface area (Å²) in [5, 5.41) is 33.7. The third-order valence-corrected chi connectivity index (χ3v) is 7.40. The summed E-state index contributed by atoms with van der Waals surface area (Å²) in [6, 6.07) is 28.9. The molecule has 1 aliphatic carbocycles. The van der Waals surface area contributed by atoms with Crippen molar-refractivity contribution in [3.05, 3.63) is 147 Å². The third kappa shape index (κ3) is 5.04. The van der Waals surface area contributed by atoms with Gasteiger partial charge in [-0.2, -0.15) is 0 Å². The zero-order valence-electron chi connectivity index (χ0n) is 21.5. The first-order valence-corrected chi connectivity index (χ1v) is 13.1. The largest absolute Gasteiger partial charge is 0.507 e. The summed E-state index contributed by atoms with van der Waals surface area (Å²) >= 11 is 0. The van der Waals surface area contributed by atoms with Crippen molar-refractivity contribution < 1.29 is 20.1 Å². The number of fused-ring (bicyclic) bond motifs is 8. The van der Waals surface area contributed by atoms with Crippen molar-refractivity contribution in [2.45, 2.75) is 32.3 Å². The molecule has 5 heteroatoms. The number of phenolic OH excluding ortho intramolecular Hbond substituents is 3. The van der Waals surface area contributed by atoms with Crippen molar-refractivity contribution in [1.82, 2.24) is 4.98 Å². The lowest BCUT2D eigenvalue weighted by Crippen LogP contribution is -2.05. The summed E-state index contributed by atoms with van der Waals surface area (Å²) in [7, 11) is 0. The second-order valence-electron chi connectivity index (χ2n) is 10.00. The average Bonchev–Trinajstić information content (AvgIpc) is 2.95. The van der Waals surface area contributed by atoms with E-state index in [9.17, 15) is 15.3 Å². The fraction of sp³-hybridized carbons (Fsp3) is 0.147. The van der Waals surface area contributed by atoms with Crippen LogP contribution in [0.25, 0.3) is 0 Å². The molecule has 8 bridgehead atoms. The molecule has 1 heterocycles. The molecule has 0 aliphatic heterocycles. The fourth-order valence-corrected chi connectivity index (χ4v) is 5.34. The molecule has 0 fully saturated rings. The second-order valence-corrected chi connectivity index (χ2v) is 10.00. The Morgan fingerprint density at radius 1 is 0.487 bits per heavy atom. The van der Waals surface area contributed by atoms with Crippen molar-refractivity contribution in [3.8, 4) is 23.0 Å². The Hall–Kier alpha value is -4.77. The van der Waals surface area contributed by atoms with E-state index in [4.69, 9.17) is 4.74 Å². The van der Waals surface area contributed by atoms with Gasteiger partial charge in [0.1, 0.15) is 29.6 Å². The first-order valence-electron chi connectivity index (χ1n) is 13.1. The van der Waals surface area contributed by atoms with Gasteiger partial charge in [-0.05, 0) is 56.6 Å². The number of pyridine rings is 1. The molecule has 3 N–H and O–H groups in total. The number of ether oxygens (including phenoxy) is 1. The predicted octanol–water partition coefficient (Wildman–Crippen LogP) is 6.45. The Balaban J connectivity index is 1.50. The van der Waals surface area contributed by atoms with Crippen LogP contribution in [0.5, 0.6) is 23.0 Å². The van der Waals surface area contributed by atoms with Gasteiger partial charge in [-0.3, -0.25) is 4.98 Å². The van der Waals surface area contributed by atoms with Crippen LogP contribution in [0.4, 0.5) is 0 Å². The minimum Gasteiger partial charge on any atom is -0.507 e. The smallest absolute Gasteiger partial charge is 0.130 e. The molecule has 0 atom stereocenters. The third-order valence-electron chi connectivity index (χ3n) is 7.40. The molecular weight excluding hydrogens is 486 g/mol. The summed E-state index contributed by atoms with van der Waals surface area (Å²) in [5.74, 6) is 1.36. The Kier molecular flexibility index (Phi) is 6.64. The molecule has 0 radical (unpaired) electrons. The lowest BCUT2D eigenvalue weighted by molar-refractivity contribution is 0.295. The summed E-state index contributed by atoms with van der Waals surface area (Å²) in [4.78, 5) is 4.40. The monoisotopic (exact) mass is 515 g/mol. The Morgan fingerprint density at radius 3 is 1.26 bits per heavy atom. The molecular formula is C34H29NO4. The SMILES string of the molecule is Oc1c2cccc1Cc1cccc(c1O)Cc1cccc(c1OCc1ccccn1)Cc1cccc(c1O)C2. The lowest BCUT2D eigenvalue weighted by atomic mass is 9.91. The van der Waals surface area contributed by atoms with Gasteiger partial charge in [0.05, 0.1) is 5.69 Å². The van der Waals surface area contributed by atoms with Crippen LogP contribution in [0.15, 0.2) is 97.2 Å². The zero-order chi connectivity index (χ0) is 26.8. The van der Waals surface area contributed by atoms with E-state index >= 15 is 0 Å². The molecule has 0 saturated heterocycles. The van der Waals surface area contributed by atoms with Gasteiger partial charge in [-0.15, -0.1) is 0 Å². The first kappa shape index (κ1) is 24.6. The minimum absolute atomic E-state index is 0.189. The van der Waals surface area contributed by atoms with Crippen molar-refractivity contribution in [2.24, 2.45) is 0 Å². The van der Waals surface area contributed by atoms with Crippen LogP contribution >= 0.6 is 0 Å². The molecule has 4 aromatic carbocycles. The second kappa shape index (κ2) is 10.5. The highest BCUT2D eigenvalue weighted by molar-refractivity contribution is 5.55. The van der Waals surface area contributed by atoms with Crippen molar-refractivity contribution in [3.63, 3.8) is 0 Å². The normalized spacial score (nSPS) is 12.6. The number of para-hydroxylation sites is 4. The Morgan fingerprint density at radius 2 is 0.872 bits per heavy atom. The molecule has 0 amide bonds. The number of hydrogen-bond acceptors (Lipinski definition) is 5. The van der Waals surface area contributed by atoms with Gasteiger partial charge in [0.25, 0.3) is 0 Å². The molecule has 6 rings (SSSR count). The molecule has 1 aliphatic rings. The lowest BCUT2D eigenvalue weighted by Gasteiger charge is -2.19. The first-order chi connectivity index (χ1) is 19.1. The number of nitrogens with zero attached hydrogens (tertiary/aromatic N) is 1. The highest BCUT2D eigenvalue weighted by atomic mass is 16.5.